The number of hydrogen-bond acceptors (Lipinski definition) is 5. The Morgan fingerprint density at radius 3 is 2.48 bits per heavy atom. The number of benzene rings is 1. The number of thiocarbonyl (C=S) groups is 1. The standard InChI is InChI=1S/C20H26N4O2S/c1-14-12-18(19(26-4)21-15(14)2)22-20(27)24-10-8-23(9-11-24)16-6-5-7-17(13-16)25-3/h5-7,12-13H,8-11H2,1-4H3,(H,22,27). The topological polar surface area (TPSA) is 49.9 Å². The van der Waals surface area contributed by atoms with Crippen LogP contribution in [0.2, 0.25) is 0 Å². The summed E-state index contributed by atoms with van der Waals surface area (Å²) in [5, 5.41) is 4.00. The quantitative estimate of drug-likeness (QED) is 0.810. The van der Waals surface area contributed by atoms with E-state index < -0.39 is 0 Å². The minimum atomic E-state index is 0.565. The third-order valence-corrected chi connectivity index (χ3v) is 5.21. The molecule has 0 aliphatic carbocycles. The minimum Gasteiger partial charge on any atom is -0.497 e. The number of piperazine rings is 1. The van der Waals surface area contributed by atoms with E-state index in [0.717, 1.165) is 48.9 Å². The molecule has 0 unspecified atom stereocenters. The van der Waals surface area contributed by atoms with Gasteiger partial charge in [0.15, 0.2) is 5.11 Å². The molecular weight excluding hydrogens is 360 g/mol. The van der Waals surface area contributed by atoms with Crippen LogP contribution in [0.4, 0.5) is 11.4 Å². The van der Waals surface area contributed by atoms with Gasteiger partial charge in [0.05, 0.1) is 14.2 Å². The van der Waals surface area contributed by atoms with E-state index in [-0.39, 0.29) is 0 Å². The highest BCUT2D eigenvalue weighted by Gasteiger charge is 2.20. The molecule has 7 heteroatoms. The summed E-state index contributed by atoms with van der Waals surface area (Å²) >= 11 is 5.63. The predicted octanol–water partition coefficient (Wildman–Crippen LogP) is 3.23. The number of hydrogen-bond donors (Lipinski definition) is 1. The number of aromatic nitrogens is 1. The van der Waals surface area contributed by atoms with Crippen LogP contribution in [0.1, 0.15) is 11.3 Å². The number of rotatable bonds is 4. The molecule has 27 heavy (non-hydrogen) atoms. The Labute approximate surface area is 166 Å². The highest BCUT2D eigenvalue weighted by Crippen LogP contribution is 2.26. The maximum Gasteiger partial charge on any atom is 0.237 e. The van der Waals surface area contributed by atoms with Crippen molar-refractivity contribution in [3.05, 3.63) is 41.6 Å². The molecule has 0 atom stereocenters. The van der Waals surface area contributed by atoms with Crippen molar-refractivity contribution in [2.45, 2.75) is 13.8 Å². The molecule has 0 amide bonds. The van der Waals surface area contributed by atoms with Crippen molar-refractivity contribution in [2.24, 2.45) is 0 Å². The first-order chi connectivity index (χ1) is 13.0. The van der Waals surface area contributed by atoms with E-state index in [1.165, 1.54) is 5.69 Å². The van der Waals surface area contributed by atoms with Crippen molar-refractivity contribution in [3.63, 3.8) is 0 Å². The Balaban J connectivity index is 1.63. The number of nitrogens with one attached hydrogen (secondary N) is 1. The van der Waals surface area contributed by atoms with E-state index in [2.05, 4.69) is 32.2 Å². The first-order valence-electron chi connectivity index (χ1n) is 8.99. The monoisotopic (exact) mass is 386 g/mol. The Morgan fingerprint density at radius 2 is 1.81 bits per heavy atom. The van der Waals surface area contributed by atoms with Gasteiger partial charge in [0, 0.05) is 43.6 Å². The summed E-state index contributed by atoms with van der Waals surface area (Å²) in [5.41, 5.74) is 4.04. The summed E-state index contributed by atoms with van der Waals surface area (Å²) in [6, 6.07) is 10.2. The van der Waals surface area contributed by atoms with Gasteiger partial charge in [0.25, 0.3) is 0 Å². The van der Waals surface area contributed by atoms with E-state index in [1.807, 2.05) is 32.0 Å². The van der Waals surface area contributed by atoms with Crippen LogP contribution in [0.25, 0.3) is 0 Å². The van der Waals surface area contributed by atoms with Gasteiger partial charge in [-0.1, -0.05) is 6.07 Å². The summed E-state index contributed by atoms with van der Waals surface area (Å²) in [4.78, 5) is 9.00. The Bertz CT molecular complexity index is 820. The zero-order valence-electron chi connectivity index (χ0n) is 16.3. The molecule has 0 bridgehead atoms. The molecule has 1 saturated heterocycles. The molecule has 0 radical (unpaired) electrons. The zero-order chi connectivity index (χ0) is 19.4. The summed E-state index contributed by atoms with van der Waals surface area (Å²) in [6.45, 7) is 7.50. The first-order valence-corrected chi connectivity index (χ1v) is 9.40. The second-order valence-corrected chi connectivity index (χ2v) is 6.94. The van der Waals surface area contributed by atoms with Gasteiger partial charge in [0.2, 0.25) is 5.88 Å². The third-order valence-electron chi connectivity index (χ3n) is 4.85. The maximum absolute atomic E-state index is 5.63. The van der Waals surface area contributed by atoms with Crippen LogP contribution >= 0.6 is 12.2 Å². The molecule has 1 aliphatic heterocycles. The molecule has 0 spiro atoms. The van der Waals surface area contributed by atoms with Gasteiger partial charge in [-0.15, -0.1) is 0 Å². The van der Waals surface area contributed by atoms with Crippen molar-refractivity contribution in [1.29, 1.82) is 0 Å². The lowest BCUT2D eigenvalue weighted by molar-refractivity contribution is 0.387. The van der Waals surface area contributed by atoms with E-state index in [1.54, 1.807) is 14.2 Å². The molecule has 1 aliphatic rings. The molecule has 1 N–H and O–H groups in total. The minimum absolute atomic E-state index is 0.565. The van der Waals surface area contributed by atoms with Crippen molar-refractivity contribution >= 4 is 28.7 Å². The number of pyridine rings is 1. The molecular formula is C20H26N4O2S. The van der Waals surface area contributed by atoms with Crippen molar-refractivity contribution < 1.29 is 9.47 Å². The van der Waals surface area contributed by atoms with Crippen LogP contribution in [-0.4, -0.2) is 55.4 Å². The second-order valence-electron chi connectivity index (χ2n) is 6.55. The fourth-order valence-corrected chi connectivity index (χ4v) is 3.39. The average molecular weight is 387 g/mol. The Hall–Kier alpha value is -2.54. The van der Waals surface area contributed by atoms with Gasteiger partial charge >= 0.3 is 0 Å². The number of aryl methyl sites for hydroxylation is 2. The summed E-state index contributed by atoms with van der Waals surface area (Å²) in [6.07, 6.45) is 0. The first kappa shape index (κ1) is 19.2. The predicted molar refractivity (Wildman–Crippen MR) is 113 cm³/mol. The van der Waals surface area contributed by atoms with Gasteiger partial charge < -0.3 is 24.6 Å². The molecule has 2 aromatic rings. The highest BCUT2D eigenvalue weighted by atomic mass is 32.1. The largest absolute Gasteiger partial charge is 0.497 e. The maximum atomic E-state index is 5.63. The van der Waals surface area contributed by atoms with E-state index in [0.29, 0.717) is 11.0 Å². The van der Waals surface area contributed by atoms with Crippen LogP contribution in [0, 0.1) is 13.8 Å². The lowest BCUT2D eigenvalue weighted by Crippen LogP contribution is -2.50. The fourth-order valence-electron chi connectivity index (χ4n) is 3.10. The number of nitrogens with zero attached hydrogens (tertiary/aromatic N) is 3. The van der Waals surface area contributed by atoms with Crippen LogP contribution in [-0.2, 0) is 0 Å². The second kappa shape index (κ2) is 8.43. The molecule has 1 aromatic carbocycles. The molecule has 144 valence electrons. The van der Waals surface area contributed by atoms with Crippen LogP contribution in [0.15, 0.2) is 30.3 Å². The van der Waals surface area contributed by atoms with Gasteiger partial charge in [-0.3, -0.25) is 0 Å². The smallest absolute Gasteiger partial charge is 0.237 e. The third kappa shape index (κ3) is 4.42. The number of methoxy groups -OCH3 is 2. The Morgan fingerprint density at radius 1 is 1.07 bits per heavy atom. The van der Waals surface area contributed by atoms with Crippen molar-refractivity contribution in [3.8, 4) is 11.6 Å². The van der Waals surface area contributed by atoms with E-state index in [9.17, 15) is 0 Å². The van der Waals surface area contributed by atoms with Gasteiger partial charge in [0.1, 0.15) is 11.4 Å². The van der Waals surface area contributed by atoms with Crippen LogP contribution < -0.4 is 19.7 Å². The molecule has 3 rings (SSSR count). The van der Waals surface area contributed by atoms with Gasteiger partial charge in [-0.2, -0.15) is 0 Å². The average Bonchev–Trinajstić information content (AvgIpc) is 2.70. The summed E-state index contributed by atoms with van der Waals surface area (Å²) in [5.74, 6) is 1.44. The lowest BCUT2D eigenvalue weighted by atomic mass is 10.2. The number of ether oxygens (including phenoxy) is 2. The van der Waals surface area contributed by atoms with Crippen molar-refractivity contribution in [1.82, 2.24) is 9.88 Å². The number of anilines is 2. The lowest BCUT2D eigenvalue weighted by Gasteiger charge is -2.37. The van der Waals surface area contributed by atoms with Crippen LogP contribution in [0.5, 0.6) is 11.6 Å². The molecule has 1 fully saturated rings. The molecule has 6 nitrogen and oxygen atoms in total. The molecule has 2 heterocycles. The van der Waals surface area contributed by atoms with Gasteiger partial charge in [-0.25, -0.2) is 4.98 Å². The van der Waals surface area contributed by atoms with Crippen LogP contribution in [0.3, 0.4) is 0 Å². The summed E-state index contributed by atoms with van der Waals surface area (Å²) < 4.78 is 10.7. The van der Waals surface area contributed by atoms with Crippen molar-refractivity contribution in [2.75, 3.05) is 50.6 Å². The molecule has 1 aromatic heterocycles. The fraction of sp³-hybridized carbons (Fsp3) is 0.400. The summed E-state index contributed by atoms with van der Waals surface area (Å²) in [7, 11) is 3.31. The normalized spacial score (nSPS) is 14.1. The Kier molecular flexibility index (Phi) is 6.01. The van der Waals surface area contributed by atoms with Gasteiger partial charge in [-0.05, 0) is 49.8 Å². The zero-order valence-corrected chi connectivity index (χ0v) is 17.1. The van der Waals surface area contributed by atoms with E-state index >= 15 is 0 Å². The van der Waals surface area contributed by atoms with E-state index in [4.69, 9.17) is 21.7 Å². The molecule has 0 saturated carbocycles. The highest BCUT2D eigenvalue weighted by molar-refractivity contribution is 7.80. The SMILES string of the molecule is COc1cccc(N2CCN(C(=S)Nc3cc(C)c(C)nc3OC)CC2)c1.